The van der Waals surface area contributed by atoms with E-state index in [0.717, 1.165) is 22.4 Å². The number of amides is 3. The number of hydrogen-bond donors (Lipinski definition) is 2. The third-order valence-electron chi connectivity index (χ3n) is 8.39. The van der Waals surface area contributed by atoms with Crippen molar-refractivity contribution in [2.75, 3.05) is 50.4 Å². The number of nitrogens with zero attached hydrogens (tertiary/aromatic N) is 3. The van der Waals surface area contributed by atoms with Gasteiger partial charge in [0.1, 0.15) is 11.9 Å². The Hall–Kier alpha value is -3.60. The molecule has 0 bridgehead atoms. The van der Waals surface area contributed by atoms with Crippen LogP contribution < -0.4 is 15.8 Å². The zero-order chi connectivity index (χ0) is 29.6. The number of aromatic nitrogens is 1. The van der Waals surface area contributed by atoms with Crippen LogP contribution in [0.4, 0.5) is 20.7 Å². The van der Waals surface area contributed by atoms with Gasteiger partial charge in [0.2, 0.25) is 5.91 Å². The van der Waals surface area contributed by atoms with E-state index in [0.29, 0.717) is 57.8 Å². The number of urea groups is 1. The molecule has 9 nitrogen and oxygen atoms in total. The highest BCUT2D eigenvalue weighted by atomic mass is 35.5. The lowest BCUT2D eigenvalue weighted by atomic mass is 9.73. The van der Waals surface area contributed by atoms with E-state index in [1.807, 2.05) is 28.0 Å². The number of hydrogen-bond acceptors (Lipinski definition) is 6. The quantitative estimate of drug-likeness (QED) is 0.368. The van der Waals surface area contributed by atoms with E-state index in [9.17, 15) is 14.0 Å². The third kappa shape index (κ3) is 5.01. The van der Waals surface area contributed by atoms with Gasteiger partial charge in [0.25, 0.3) is 0 Å². The molecule has 1 aromatic heterocycles. The van der Waals surface area contributed by atoms with Crippen molar-refractivity contribution in [3.63, 3.8) is 0 Å². The maximum Gasteiger partial charge on any atom is 0.320 e. The second kappa shape index (κ2) is 11.2. The van der Waals surface area contributed by atoms with Crippen LogP contribution in [0.2, 0.25) is 10.0 Å². The van der Waals surface area contributed by atoms with Crippen molar-refractivity contribution in [3.8, 4) is 16.9 Å². The van der Waals surface area contributed by atoms with E-state index in [1.165, 1.54) is 12.1 Å². The number of nitrogens with two attached hydrogens (primary N) is 1. The second-order valence-electron chi connectivity index (χ2n) is 10.8. The summed E-state index contributed by atoms with van der Waals surface area (Å²) >= 11 is 12.5. The average Bonchev–Trinajstić information content (AvgIpc) is 3.26. The molecular weight excluding hydrogens is 584 g/mol. The van der Waals surface area contributed by atoms with Gasteiger partial charge in [0, 0.05) is 54.2 Å². The summed E-state index contributed by atoms with van der Waals surface area (Å²) in [5.41, 5.74) is 8.93. The molecule has 2 fully saturated rings. The molecule has 0 saturated carbocycles. The van der Waals surface area contributed by atoms with Crippen molar-refractivity contribution in [1.29, 1.82) is 0 Å². The highest BCUT2D eigenvalue weighted by molar-refractivity contribution is 6.36. The van der Waals surface area contributed by atoms with Crippen molar-refractivity contribution in [3.05, 3.63) is 69.6 Å². The SMILES string of the molecule is C[C@@H](Oc1cc(-c2ccc3c(c2)C2(CCN(C(=O)N4CCOCC4)CC2)C(=O)N3)cnc1N)c1c(Cl)ccc(F)c1Cl. The number of morpholine rings is 1. The Kier molecular flexibility index (Phi) is 7.63. The number of halogens is 3. The van der Waals surface area contributed by atoms with Crippen LogP contribution >= 0.6 is 23.2 Å². The molecule has 1 atom stereocenters. The predicted octanol–water partition coefficient (Wildman–Crippen LogP) is 5.65. The fraction of sp³-hybridized carbons (Fsp3) is 0.367. The molecule has 0 radical (unpaired) electrons. The lowest BCUT2D eigenvalue weighted by Gasteiger charge is -2.40. The summed E-state index contributed by atoms with van der Waals surface area (Å²) < 4.78 is 25.6. The van der Waals surface area contributed by atoms with Gasteiger partial charge in [0.05, 0.1) is 23.7 Å². The summed E-state index contributed by atoms with van der Waals surface area (Å²) in [6.45, 7) is 4.91. The molecular formula is C30H30Cl2FN5O4. The summed E-state index contributed by atoms with van der Waals surface area (Å²) in [5, 5.41) is 3.20. The van der Waals surface area contributed by atoms with E-state index in [4.69, 9.17) is 38.4 Å². The summed E-state index contributed by atoms with van der Waals surface area (Å²) in [6, 6.07) is 10.1. The van der Waals surface area contributed by atoms with Gasteiger partial charge in [-0.05, 0) is 61.2 Å². The first-order chi connectivity index (χ1) is 20.2. The van der Waals surface area contributed by atoms with Gasteiger partial charge in [-0.25, -0.2) is 14.2 Å². The Balaban J connectivity index is 1.24. The minimum absolute atomic E-state index is 0.00366. The highest BCUT2D eigenvalue weighted by Gasteiger charge is 2.49. The maximum absolute atomic E-state index is 14.1. The van der Waals surface area contributed by atoms with Crippen molar-refractivity contribution in [2.24, 2.45) is 0 Å². The first-order valence-corrected chi connectivity index (χ1v) is 14.6. The molecule has 3 aliphatic rings. The van der Waals surface area contributed by atoms with Gasteiger partial charge < -0.3 is 30.3 Å². The second-order valence-corrected chi connectivity index (χ2v) is 11.6. The number of ether oxygens (including phenoxy) is 2. The number of fused-ring (bicyclic) bond motifs is 2. The monoisotopic (exact) mass is 613 g/mol. The summed E-state index contributed by atoms with van der Waals surface area (Å²) in [6.07, 6.45) is 1.96. The van der Waals surface area contributed by atoms with Crippen LogP contribution in [0, 0.1) is 5.82 Å². The minimum Gasteiger partial charge on any atom is -0.482 e. The van der Waals surface area contributed by atoms with Crippen LogP contribution in [-0.4, -0.2) is 66.1 Å². The van der Waals surface area contributed by atoms with Gasteiger partial charge in [-0.3, -0.25) is 4.79 Å². The zero-order valence-electron chi connectivity index (χ0n) is 23.0. The lowest BCUT2D eigenvalue weighted by Crippen LogP contribution is -2.53. The standard InChI is InChI=1S/C30H30Cl2FN5O4/c1-17(25-21(31)3-4-22(33)26(25)32)42-24-15-19(16-35-27(24)34)18-2-5-23-20(14-18)30(28(39)36-23)6-8-37(9-7-30)29(40)38-10-12-41-13-11-38/h2-5,14-17H,6-13H2,1H3,(H2,34,35)(H,36,39)/t17-/m1/s1. The average molecular weight is 615 g/mol. The smallest absolute Gasteiger partial charge is 0.320 e. The molecule has 0 unspecified atom stereocenters. The molecule has 2 aromatic carbocycles. The van der Waals surface area contributed by atoms with E-state index >= 15 is 0 Å². The van der Waals surface area contributed by atoms with Crippen LogP contribution in [0.5, 0.6) is 5.75 Å². The van der Waals surface area contributed by atoms with E-state index in [1.54, 1.807) is 19.2 Å². The van der Waals surface area contributed by atoms with Gasteiger partial charge in [0.15, 0.2) is 11.6 Å². The summed E-state index contributed by atoms with van der Waals surface area (Å²) in [5.74, 6) is -0.208. The molecule has 4 heterocycles. The molecule has 2 saturated heterocycles. The first kappa shape index (κ1) is 28.5. The number of nitrogen functional groups attached to an aromatic ring is 1. The van der Waals surface area contributed by atoms with Crippen molar-refractivity contribution in [2.45, 2.75) is 31.3 Å². The number of piperidine rings is 1. The van der Waals surface area contributed by atoms with E-state index < -0.39 is 17.3 Å². The number of anilines is 2. The van der Waals surface area contributed by atoms with Gasteiger partial charge in [-0.2, -0.15) is 0 Å². The number of carbonyl (C=O) groups excluding carboxylic acids is 2. The Morgan fingerprint density at radius 2 is 1.81 bits per heavy atom. The largest absolute Gasteiger partial charge is 0.482 e. The van der Waals surface area contributed by atoms with E-state index in [2.05, 4.69) is 10.3 Å². The fourth-order valence-electron chi connectivity index (χ4n) is 6.00. The number of likely N-dealkylation sites (tertiary alicyclic amines) is 1. The van der Waals surface area contributed by atoms with Crippen molar-refractivity contribution in [1.82, 2.24) is 14.8 Å². The number of carbonyl (C=O) groups is 2. The zero-order valence-corrected chi connectivity index (χ0v) is 24.5. The third-order valence-corrected chi connectivity index (χ3v) is 9.11. The number of nitrogens with one attached hydrogen (secondary N) is 1. The Bertz CT molecular complexity index is 1560. The Labute approximate surface area is 252 Å². The fourth-order valence-corrected chi connectivity index (χ4v) is 6.67. The summed E-state index contributed by atoms with van der Waals surface area (Å²) in [7, 11) is 0. The molecule has 3 aliphatic heterocycles. The molecule has 12 heteroatoms. The Morgan fingerprint density at radius 3 is 2.55 bits per heavy atom. The highest BCUT2D eigenvalue weighted by Crippen LogP contribution is 2.47. The van der Waals surface area contributed by atoms with Crippen molar-refractivity contribution < 1.29 is 23.5 Å². The normalized spacial score (nSPS) is 18.5. The van der Waals surface area contributed by atoms with Crippen LogP contribution in [0.1, 0.15) is 37.0 Å². The number of pyridine rings is 1. The Morgan fingerprint density at radius 1 is 1.10 bits per heavy atom. The maximum atomic E-state index is 14.1. The number of rotatable bonds is 4. The molecule has 1 spiro atoms. The van der Waals surface area contributed by atoms with E-state index in [-0.39, 0.29) is 33.6 Å². The van der Waals surface area contributed by atoms with Crippen LogP contribution in [-0.2, 0) is 14.9 Å². The molecule has 3 N–H and O–H groups in total. The summed E-state index contributed by atoms with van der Waals surface area (Å²) in [4.78, 5) is 34.3. The minimum atomic E-state index is -0.729. The topological polar surface area (TPSA) is 110 Å². The molecule has 3 amide bonds. The van der Waals surface area contributed by atoms with Crippen LogP contribution in [0.15, 0.2) is 42.6 Å². The molecule has 3 aromatic rings. The molecule has 42 heavy (non-hydrogen) atoms. The van der Waals surface area contributed by atoms with Crippen molar-refractivity contribution >= 4 is 46.6 Å². The van der Waals surface area contributed by atoms with Gasteiger partial charge in [-0.1, -0.05) is 29.3 Å². The van der Waals surface area contributed by atoms with Crippen LogP contribution in [0.25, 0.3) is 11.1 Å². The number of benzene rings is 2. The predicted molar refractivity (Wildman–Crippen MR) is 158 cm³/mol. The van der Waals surface area contributed by atoms with Gasteiger partial charge >= 0.3 is 6.03 Å². The van der Waals surface area contributed by atoms with Crippen LogP contribution in [0.3, 0.4) is 0 Å². The molecule has 0 aliphatic carbocycles. The first-order valence-electron chi connectivity index (χ1n) is 13.8. The lowest BCUT2D eigenvalue weighted by molar-refractivity contribution is -0.122. The van der Waals surface area contributed by atoms with Gasteiger partial charge in [-0.15, -0.1) is 0 Å². The molecule has 6 rings (SSSR count). The molecule has 220 valence electrons.